The number of carboxylic acid groups (broad SMARTS) is 1. The van der Waals surface area contributed by atoms with Crippen LogP contribution in [0.3, 0.4) is 0 Å². The van der Waals surface area contributed by atoms with Gasteiger partial charge in [0.25, 0.3) is 0 Å². The first kappa shape index (κ1) is 10.3. The van der Waals surface area contributed by atoms with Crippen molar-refractivity contribution in [1.29, 1.82) is 0 Å². The third-order valence-corrected chi connectivity index (χ3v) is 4.88. The Balaban J connectivity index is 1.93. The molecule has 0 saturated heterocycles. The van der Waals surface area contributed by atoms with Crippen LogP contribution in [0.15, 0.2) is 11.6 Å². The van der Waals surface area contributed by atoms with Crippen LogP contribution in [-0.4, -0.2) is 22.8 Å². The molecule has 4 bridgehead atoms. The van der Waals surface area contributed by atoms with E-state index in [1.807, 2.05) is 0 Å². The number of carbonyl (C=O) groups is 1. The lowest BCUT2D eigenvalue weighted by Crippen LogP contribution is -2.49. The van der Waals surface area contributed by atoms with Crippen LogP contribution in [-0.2, 0) is 4.79 Å². The molecule has 0 aliphatic heterocycles. The van der Waals surface area contributed by atoms with Gasteiger partial charge >= 0.3 is 5.97 Å². The molecule has 4 saturated carbocycles. The van der Waals surface area contributed by atoms with Gasteiger partial charge in [-0.2, -0.15) is 0 Å². The molecule has 4 rings (SSSR count). The molecule has 16 heavy (non-hydrogen) atoms. The topological polar surface area (TPSA) is 57.5 Å². The van der Waals surface area contributed by atoms with E-state index in [1.165, 1.54) is 6.08 Å². The van der Waals surface area contributed by atoms with Crippen molar-refractivity contribution in [3.63, 3.8) is 0 Å². The van der Waals surface area contributed by atoms with E-state index in [4.69, 9.17) is 5.11 Å². The fourth-order valence-corrected chi connectivity index (χ4v) is 4.56. The van der Waals surface area contributed by atoms with Crippen LogP contribution in [0.1, 0.15) is 32.1 Å². The number of hydrogen-bond acceptors (Lipinski definition) is 2. The third kappa shape index (κ3) is 1.41. The normalized spacial score (nSPS) is 44.8. The zero-order valence-corrected chi connectivity index (χ0v) is 9.35. The summed E-state index contributed by atoms with van der Waals surface area (Å²) in [6, 6.07) is 0. The van der Waals surface area contributed by atoms with E-state index in [0.717, 1.165) is 43.6 Å². The Morgan fingerprint density at radius 1 is 1.31 bits per heavy atom. The molecule has 88 valence electrons. The molecule has 0 aromatic carbocycles. The second-order valence-electron chi connectivity index (χ2n) is 5.98. The van der Waals surface area contributed by atoms with Crippen LogP contribution in [0, 0.1) is 23.2 Å². The predicted octanol–water partition coefficient (Wildman–Crippen LogP) is 1.82. The second-order valence-corrected chi connectivity index (χ2v) is 5.98. The molecular formula is C13H18O3. The minimum atomic E-state index is -0.805. The minimum Gasteiger partial charge on any atom is -0.478 e. The molecule has 0 amide bonds. The van der Waals surface area contributed by atoms with Gasteiger partial charge in [-0.05, 0) is 55.3 Å². The van der Waals surface area contributed by atoms with Gasteiger partial charge in [0.2, 0.25) is 0 Å². The van der Waals surface area contributed by atoms with Gasteiger partial charge in [0.15, 0.2) is 0 Å². The lowest BCUT2D eigenvalue weighted by molar-refractivity contribution is -0.131. The molecule has 0 aromatic heterocycles. The highest BCUT2D eigenvalue weighted by atomic mass is 16.4. The fraction of sp³-hybridized carbons (Fsp3) is 0.769. The monoisotopic (exact) mass is 222 g/mol. The quantitative estimate of drug-likeness (QED) is 0.701. The van der Waals surface area contributed by atoms with Crippen molar-refractivity contribution in [3.05, 3.63) is 11.6 Å². The van der Waals surface area contributed by atoms with Crippen molar-refractivity contribution >= 4 is 5.97 Å². The molecule has 4 aliphatic rings. The summed E-state index contributed by atoms with van der Waals surface area (Å²) in [5.41, 5.74) is 1.29. The molecule has 4 fully saturated rings. The average Bonchev–Trinajstić information content (AvgIpc) is 2.22. The number of aliphatic carboxylic acids is 1. The molecule has 0 aromatic rings. The van der Waals surface area contributed by atoms with Crippen molar-refractivity contribution in [2.75, 3.05) is 6.61 Å². The number of allylic oxidation sites excluding steroid dienone is 1. The summed E-state index contributed by atoms with van der Waals surface area (Å²) in [6.07, 6.45) is 6.93. The Morgan fingerprint density at radius 2 is 1.94 bits per heavy atom. The van der Waals surface area contributed by atoms with Crippen LogP contribution < -0.4 is 0 Å². The summed E-state index contributed by atoms with van der Waals surface area (Å²) in [5.74, 6) is 0.806. The number of hydrogen-bond donors (Lipinski definition) is 2. The van der Waals surface area contributed by atoms with Gasteiger partial charge in [-0.3, -0.25) is 0 Å². The molecule has 3 nitrogen and oxygen atoms in total. The van der Waals surface area contributed by atoms with Crippen molar-refractivity contribution < 1.29 is 15.0 Å². The number of aliphatic hydroxyl groups excluding tert-OH is 1. The third-order valence-electron chi connectivity index (χ3n) is 4.88. The lowest BCUT2D eigenvalue weighted by atomic mass is 9.48. The Bertz CT molecular complexity index is 340. The van der Waals surface area contributed by atoms with Crippen LogP contribution in [0.5, 0.6) is 0 Å². The van der Waals surface area contributed by atoms with Crippen LogP contribution in [0.2, 0.25) is 0 Å². The van der Waals surface area contributed by atoms with Crippen molar-refractivity contribution in [3.8, 4) is 0 Å². The highest BCUT2D eigenvalue weighted by Gasteiger charge is 2.52. The van der Waals surface area contributed by atoms with Gasteiger partial charge in [-0.25, -0.2) is 4.79 Å². The van der Waals surface area contributed by atoms with Gasteiger partial charge in [0, 0.05) is 12.7 Å². The summed E-state index contributed by atoms with van der Waals surface area (Å²) in [5, 5.41) is 18.5. The number of aliphatic hydroxyl groups is 1. The van der Waals surface area contributed by atoms with E-state index in [1.54, 1.807) is 0 Å². The molecular weight excluding hydrogens is 204 g/mol. The summed E-state index contributed by atoms with van der Waals surface area (Å²) in [6.45, 7) is 0.289. The average molecular weight is 222 g/mol. The van der Waals surface area contributed by atoms with E-state index in [9.17, 15) is 9.90 Å². The van der Waals surface area contributed by atoms with Gasteiger partial charge in [-0.15, -0.1) is 0 Å². The van der Waals surface area contributed by atoms with Crippen LogP contribution >= 0.6 is 0 Å². The Kier molecular flexibility index (Phi) is 2.15. The summed E-state index contributed by atoms with van der Waals surface area (Å²) >= 11 is 0. The van der Waals surface area contributed by atoms with Crippen molar-refractivity contribution in [2.45, 2.75) is 32.1 Å². The number of rotatable bonds is 2. The molecule has 4 aliphatic carbocycles. The zero-order chi connectivity index (χ0) is 11.3. The fourth-order valence-electron chi connectivity index (χ4n) is 4.56. The smallest absolute Gasteiger partial charge is 0.328 e. The molecule has 3 heteroatoms. The first-order valence-electron chi connectivity index (χ1n) is 6.17. The molecule has 2 unspecified atom stereocenters. The van der Waals surface area contributed by atoms with E-state index in [-0.39, 0.29) is 12.0 Å². The second kappa shape index (κ2) is 3.33. The van der Waals surface area contributed by atoms with Crippen LogP contribution in [0.25, 0.3) is 0 Å². The van der Waals surface area contributed by atoms with Crippen molar-refractivity contribution in [2.24, 2.45) is 23.2 Å². The predicted molar refractivity (Wildman–Crippen MR) is 58.8 cm³/mol. The van der Waals surface area contributed by atoms with Crippen LogP contribution in [0.4, 0.5) is 0 Å². The standard InChI is InChI=1S/C13H18O3/c14-7-13-4-8-1-9(5-13)11(3-12(15)16)10(2-8)6-13/h3,8-10,14H,1-2,4-7H2,(H,15,16). The first-order chi connectivity index (χ1) is 7.62. The summed E-state index contributed by atoms with van der Waals surface area (Å²) in [4.78, 5) is 10.8. The first-order valence-corrected chi connectivity index (χ1v) is 6.17. The van der Waals surface area contributed by atoms with Gasteiger partial charge in [0.05, 0.1) is 0 Å². The van der Waals surface area contributed by atoms with E-state index >= 15 is 0 Å². The molecule has 0 heterocycles. The zero-order valence-electron chi connectivity index (χ0n) is 9.35. The van der Waals surface area contributed by atoms with Gasteiger partial charge < -0.3 is 10.2 Å². The highest BCUT2D eigenvalue weighted by molar-refractivity contribution is 5.81. The van der Waals surface area contributed by atoms with Crippen molar-refractivity contribution in [1.82, 2.24) is 0 Å². The molecule has 0 radical (unpaired) electrons. The minimum absolute atomic E-state index is 0.131. The highest BCUT2D eigenvalue weighted by Crippen LogP contribution is 2.61. The lowest BCUT2D eigenvalue weighted by Gasteiger charge is -2.57. The Hall–Kier alpha value is -0.830. The molecule has 2 N–H and O–H groups in total. The maximum absolute atomic E-state index is 10.8. The van der Waals surface area contributed by atoms with Gasteiger partial charge in [0.1, 0.15) is 0 Å². The van der Waals surface area contributed by atoms with E-state index < -0.39 is 5.97 Å². The largest absolute Gasteiger partial charge is 0.478 e. The summed E-state index contributed by atoms with van der Waals surface area (Å²) in [7, 11) is 0. The van der Waals surface area contributed by atoms with Gasteiger partial charge in [-0.1, -0.05) is 5.57 Å². The maximum atomic E-state index is 10.8. The van der Waals surface area contributed by atoms with E-state index in [0.29, 0.717) is 11.8 Å². The Morgan fingerprint density at radius 3 is 2.44 bits per heavy atom. The SMILES string of the molecule is O=C(O)C=C1C2CC3CC1CC(CO)(C3)C2. The maximum Gasteiger partial charge on any atom is 0.328 e. The Labute approximate surface area is 95.2 Å². The summed E-state index contributed by atoms with van der Waals surface area (Å²) < 4.78 is 0. The van der Waals surface area contributed by atoms with E-state index in [2.05, 4.69) is 0 Å². The molecule has 0 spiro atoms. The molecule has 2 atom stereocenters. The number of carboxylic acids is 1.